The molecule has 67 heavy (non-hydrogen) atoms. The number of ether oxygens (including phenoxy) is 13. The van der Waals surface area contributed by atoms with Crippen molar-refractivity contribution in [3.63, 3.8) is 0 Å². The first-order chi connectivity index (χ1) is 32.5. The second kappa shape index (κ2) is 43.7. The van der Waals surface area contributed by atoms with Gasteiger partial charge in [-0.25, -0.2) is 4.79 Å². The molecule has 0 aromatic heterocycles. The van der Waals surface area contributed by atoms with Gasteiger partial charge in [0.1, 0.15) is 24.5 Å². The maximum atomic E-state index is 12.1. The van der Waals surface area contributed by atoms with Crippen LogP contribution in [-0.4, -0.2) is 246 Å². The number of carbonyl (C=O) groups is 3. The van der Waals surface area contributed by atoms with Gasteiger partial charge in [-0.05, 0) is 32.1 Å². The van der Waals surface area contributed by atoms with E-state index in [2.05, 4.69) is 16.0 Å². The molecule has 1 fully saturated rings. The molecule has 2 amide bonds. The molecule has 0 radical (unpaired) electrons. The van der Waals surface area contributed by atoms with Crippen LogP contribution in [0.25, 0.3) is 0 Å². The Morgan fingerprint density at radius 2 is 0.910 bits per heavy atom. The maximum absolute atomic E-state index is 12.1. The summed E-state index contributed by atoms with van der Waals surface area (Å²) < 4.78 is 70.5. The Balaban J connectivity index is 1.70. The summed E-state index contributed by atoms with van der Waals surface area (Å²) in [5, 5.41) is 46.9. The van der Waals surface area contributed by atoms with Crippen LogP contribution in [0.15, 0.2) is 0 Å². The van der Waals surface area contributed by atoms with Crippen molar-refractivity contribution in [3.05, 3.63) is 0 Å². The number of hydrogen-bond donors (Lipinski definition) is 8. The van der Waals surface area contributed by atoms with Crippen molar-refractivity contribution in [3.8, 4) is 0 Å². The van der Waals surface area contributed by atoms with E-state index < -0.39 is 42.7 Å². The van der Waals surface area contributed by atoms with Gasteiger partial charge in [-0.2, -0.15) is 0 Å². The molecule has 24 heteroatoms. The lowest BCUT2D eigenvalue weighted by Gasteiger charge is -2.39. The minimum Gasteiger partial charge on any atom is -0.479 e. The third-order valence-electron chi connectivity index (χ3n) is 9.78. The Morgan fingerprint density at radius 1 is 0.537 bits per heavy atom. The number of carbonyl (C=O) groups excluding carboxylic acids is 2. The smallest absolute Gasteiger partial charge is 0.335 e. The van der Waals surface area contributed by atoms with Crippen molar-refractivity contribution >= 4 is 17.8 Å². The number of carboxylic acids is 1. The van der Waals surface area contributed by atoms with Gasteiger partial charge in [-0.3, -0.25) is 14.9 Å². The Labute approximate surface area is 395 Å². The van der Waals surface area contributed by atoms with Crippen molar-refractivity contribution in [1.82, 2.24) is 16.0 Å². The highest BCUT2D eigenvalue weighted by Crippen LogP contribution is 2.20. The molecule has 0 aliphatic carbocycles. The molecule has 24 nitrogen and oxygen atoms in total. The lowest BCUT2D eigenvalue weighted by molar-refractivity contribution is -0.236. The van der Waals surface area contributed by atoms with Crippen LogP contribution in [0.1, 0.15) is 46.5 Å². The minimum absolute atomic E-state index is 0.0776. The number of amides is 2. The number of aliphatic hydroxyl groups excluding tert-OH is 3. The molecule has 9 N–H and O–H groups in total. The van der Waals surface area contributed by atoms with Gasteiger partial charge in [0, 0.05) is 19.0 Å². The molecule has 396 valence electrons. The topological polar surface area (TPSA) is 314 Å². The van der Waals surface area contributed by atoms with Crippen LogP contribution >= 0.6 is 0 Å². The summed E-state index contributed by atoms with van der Waals surface area (Å²) in [5.41, 5.74) is 5.97. The number of nitrogens with one attached hydrogen (secondary N) is 3. The quantitative estimate of drug-likeness (QED) is 0.0237. The zero-order valence-corrected chi connectivity index (χ0v) is 40.0. The van der Waals surface area contributed by atoms with E-state index in [4.69, 9.17) is 72.4 Å². The van der Waals surface area contributed by atoms with Gasteiger partial charge in [0.25, 0.3) is 0 Å². The van der Waals surface area contributed by atoms with E-state index in [0.717, 1.165) is 12.8 Å². The number of nitrogens with two attached hydrogens (primary N) is 1. The van der Waals surface area contributed by atoms with Crippen molar-refractivity contribution in [2.45, 2.75) is 89.2 Å². The Hall–Kier alpha value is -2.31. The van der Waals surface area contributed by atoms with E-state index in [9.17, 15) is 29.7 Å². The molecule has 1 saturated heterocycles. The molecule has 0 aromatic rings. The van der Waals surface area contributed by atoms with Crippen LogP contribution in [0, 0.1) is 5.92 Å². The molecule has 1 heterocycles. The molecular weight excluding hydrogens is 892 g/mol. The first-order valence-corrected chi connectivity index (χ1v) is 23.4. The van der Waals surface area contributed by atoms with Gasteiger partial charge in [-0.1, -0.05) is 13.8 Å². The molecule has 4 unspecified atom stereocenters. The highest BCUT2D eigenvalue weighted by atomic mass is 16.6. The van der Waals surface area contributed by atoms with Crippen LogP contribution in [0.5, 0.6) is 0 Å². The monoisotopic (exact) mass is 977 g/mol. The maximum Gasteiger partial charge on any atom is 0.335 e. The van der Waals surface area contributed by atoms with Gasteiger partial charge in [0.2, 0.25) is 11.8 Å². The summed E-state index contributed by atoms with van der Waals surface area (Å²) in [5.74, 6) is -1.32. The third kappa shape index (κ3) is 35.4. The summed E-state index contributed by atoms with van der Waals surface area (Å²) in [7, 11) is 0. The number of carboxylic acid groups (broad SMARTS) is 1. The molecule has 0 spiro atoms. The highest BCUT2D eigenvalue weighted by Gasteiger charge is 2.46. The summed E-state index contributed by atoms with van der Waals surface area (Å²) in [6, 6.07) is -0.457. The second-order valence-electron chi connectivity index (χ2n) is 15.5. The molecule has 1 aliphatic heterocycles. The van der Waals surface area contributed by atoms with Crippen LogP contribution in [-0.2, 0) is 76.0 Å². The Morgan fingerprint density at radius 3 is 1.28 bits per heavy atom. The average molecular weight is 977 g/mol. The number of hydrogen-bond acceptors (Lipinski definition) is 21. The highest BCUT2D eigenvalue weighted by molar-refractivity contribution is 5.81. The third-order valence-corrected chi connectivity index (χ3v) is 9.78. The second-order valence-corrected chi connectivity index (χ2v) is 15.5. The molecule has 0 bridgehead atoms. The van der Waals surface area contributed by atoms with Crippen molar-refractivity contribution in [2.24, 2.45) is 11.7 Å². The zero-order chi connectivity index (χ0) is 49.2. The molecular formula is C43H84N4O20. The molecule has 0 saturated carbocycles. The normalized spacial score (nSPS) is 19.4. The SMILES string of the molecule is CC(C)C(C)NC(=O)[C@@H](N)CCCCNC(=O)CCOCCOCCOCCOCCOCCOCCOCCOCCOCCOCCOCCOCNC1O[C@H](C(=O)O)C(O)[C@H](O)C1O. The van der Waals surface area contributed by atoms with Crippen molar-refractivity contribution < 1.29 is 96.4 Å². The van der Waals surface area contributed by atoms with E-state index in [0.29, 0.717) is 158 Å². The standard InChI is InChI=1S/C43H84N4O20/c1-33(2)34(3)47-41(52)35(44)6-4-5-8-45-36(48)7-9-55-10-11-56-12-13-57-14-15-58-16-17-59-18-19-60-20-21-61-22-23-62-24-25-63-26-27-64-28-29-65-30-31-66-32-46-42-39(51)37(49)38(50)40(67-42)43(53)54/h33-35,37-40,42,46,49-51H,4-32,44H2,1-3H3,(H,45,48)(H,47,52)(H,53,54)/t34?,35-,37-,38?,39?,40-,42?/m0/s1. The fraction of sp³-hybridized carbons (Fsp3) is 0.930. The number of aliphatic carboxylic acids is 1. The summed E-state index contributed by atoms with van der Waals surface area (Å²) >= 11 is 0. The summed E-state index contributed by atoms with van der Waals surface area (Å²) in [4.78, 5) is 35.2. The fourth-order valence-electron chi connectivity index (χ4n) is 5.48. The van der Waals surface area contributed by atoms with Crippen LogP contribution in [0.4, 0.5) is 0 Å². The van der Waals surface area contributed by atoms with Crippen molar-refractivity contribution in [2.75, 3.05) is 165 Å². The van der Waals surface area contributed by atoms with E-state index in [-0.39, 0.29) is 44.2 Å². The summed E-state index contributed by atoms with van der Waals surface area (Å²) in [6.07, 6.45) is -5.51. The zero-order valence-electron chi connectivity index (χ0n) is 40.0. The van der Waals surface area contributed by atoms with Gasteiger partial charge < -0.3 is 98.4 Å². The molecule has 1 aliphatic rings. The van der Waals surface area contributed by atoms with Crippen LogP contribution in [0.2, 0.25) is 0 Å². The lowest BCUT2D eigenvalue weighted by Crippen LogP contribution is -2.63. The number of rotatable bonds is 48. The predicted molar refractivity (Wildman–Crippen MR) is 239 cm³/mol. The van der Waals surface area contributed by atoms with E-state index in [1.807, 2.05) is 20.8 Å². The van der Waals surface area contributed by atoms with E-state index >= 15 is 0 Å². The van der Waals surface area contributed by atoms with Crippen LogP contribution < -0.4 is 21.7 Å². The van der Waals surface area contributed by atoms with E-state index in [1.54, 1.807) is 0 Å². The Bertz CT molecular complexity index is 1190. The Kier molecular flexibility index (Phi) is 40.9. The minimum atomic E-state index is -1.75. The number of unbranched alkanes of at least 4 members (excludes halogenated alkanes) is 1. The first kappa shape index (κ1) is 62.7. The van der Waals surface area contributed by atoms with Crippen LogP contribution in [0.3, 0.4) is 0 Å². The van der Waals surface area contributed by atoms with E-state index in [1.165, 1.54) is 0 Å². The van der Waals surface area contributed by atoms with Crippen molar-refractivity contribution in [1.29, 1.82) is 0 Å². The lowest BCUT2D eigenvalue weighted by atomic mass is 9.98. The largest absolute Gasteiger partial charge is 0.479 e. The fourth-order valence-corrected chi connectivity index (χ4v) is 5.48. The van der Waals surface area contributed by atoms with Gasteiger partial charge in [0.05, 0.1) is 165 Å². The first-order valence-electron chi connectivity index (χ1n) is 23.4. The van der Waals surface area contributed by atoms with Gasteiger partial charge in [-0.15, -0.1) is 0 Å². The molecule has 1 rings (SSSR count). The number of aliphatic hydroxyl groups is 3. The van der Waals surface area contributed by atoms with Gasteiger partial charge in [0.15, 0.2) is 6.10 Å². The predicted octanol–water partition coefficient (Wildman–Crippen LogP) is -2.21. The molecule has 0 aromatic carbocycles. The summed E-state index contributed by atoms with van der Waals surface area (Å²) in [6.45, 7) is 15.8. The molecule has 7 atom stereocenters. The average Bonchev–Trinajstić information content (AvgIpc) is 3.30. The van der Waals surface area contributed by atoms with Gasteiger partial charge >= 0.3 is 5.97 Å².